The first-order valence-corrected chi connectivity index (χ1v) is 11.9. The quantitative estimate of drug-likeness (QED) is 0.252. The van der Waals surface area contributed by atoms with Crippen molar-refractivity contribution in [1.29, 1.82) is 0 Å². The van der Waals surface area contributed by atoms with Crippen LogP contribution in [0.5, 0.6) is 5.75 Å². The molecule has 4 rings (SSSR count). The monoisotopic (exact) mass is 544 g/mol. The summed E-state index contributed by atoms with van der Waals surface area (Å²) in [5, 5.41) is 7.03. The van der Waals surface area contributed by atoms with Crippen LogP contribution in [0.2, 0.25) is 10.0 Å². The highest BCUT2D eigenvalue weighted by molar-refractivity contribution is 6.36. The zero-order valence-corrected chi connectivity index (χ0v) is 22.5. The Morgan fingerprint density at radius 2 is 1.69 bits per heavy atom. The first kappa shape index (κ1) is 27.4. The largest absolute Gasteiger partial charge is 0.495 e. The standard InChI is InChI=1S/C27H26Cl2N4O2.ClH/c1-17-7-13-25(35-3)23(15-17)32-27(34)31-19-10-8-18(9-11-19)24-16-30-26(33(24)2)14-12-20-21(28)5-4-6-22(20)29;/h4-11,13,15-16H,12,14H2,1-3H3,(H2,31,32,34);1H. The van der Waals surface area contributed by atoms with E-state index in [9.17, 15) is 4.79 Å². The highest BCUT2D eigenvalue weighted by Gasteiger charge is 2.12. The van der Waals surface area contributed by atoms with Crippen molar-refractivity contribution >= 4 is 53.0 Å². The maximum Gasteiger partial charge on any atom is 0.323 e. The van der Waals surface area contributed by atoms with Crippen LogP contribution in [0.3, 0.4) is 0 Å². The Labute approximate surface area is 227 Å². The van der Waals surface area contributed by atoms with Gasteiger partial charge in [0.25, 0.3) is 0 Å². The molecule has 6 nitrogen and oxygen atoms in total. The Kier molecular flexibility index (Phi) is 9.26. The van der Waals surface area contributed by atoms with Gasteiger partial charge in [-0.05, 0) is 66.4 Å². The number of hydrogen-bond acceptors (Lipinski definition) is 3. The zero-order chi connectivity index (χ0) is 24.9. The van der Waals surface area contributed by atoms with E-state index in [4.69, 9.17) is 27.9 Å². The second-order valence-corrected chi connectivity index (χ2v) is 8.99. The summed E-state index contributed by atoms with van der Waals surface area (Å²) in [4.78, 5) is 17.1. The van der Waals surface area contributed by atoms with E-state index in [1.165, 1.54) is 0 Å². The summed E-state index contributed by atoms with van der Waals surface area (Å²) in [6, 6.07) is 18.4. The summed E-state index contributed by atoms with van der Waals surface area (Å²) in [6.45, 7) is 1.96. The van der Waals surface area contributed by atoms with E-state index in [2.05, 4.69) is 20.2 Å². The fourth-order valence-corrected chi connectivity index (χ4v) is 4.47. The number of aromatic nitrogens is 2. The number of hydrogen-bond donors (Lipinski definition) is 2. The van der Waals surface area contributed by atoms with Gasteiger partial charge in [0, 0.05) is 29.2 Å². The van der Waals surface area contributed by atoms with Gasteiger partial charge >= 0.3 is 6.03 Å². The lowest BCUT2D eigenvalue weighted by molar-refractivity contribution is 0.262. The van der Waals surface area contributed by atoms with E-state index in [0.29, 0.717) is 40.0 Å². The number of nitrogens with one attached hydrogen (secondary N) is 2. The van der Waals surface area contributed by atoms with Gasteiger partial charge in [-0.1, -0.05) is 47.5 Å². The van der Waals surface area contributed by atoms with Crippen molar-refractivity contribution in [3.8, 4) is 17.0 Å². The van der Waals surface area contributed by atoms with E-state index in [0.717, 1.165) is 28.2 Å². The van der Waals surface area contributed by atoms with Gasteiger partial charge in [-0.2, -0.15) is 0 Å². The number of ether oxygens (including phenoxy) is 1. The summed E-state index contributed by atoms with van der Waals surface area (Å²) >= 11 is 12.6. The Bertz CT molecular complexity index is 1330. The molecule has 1 aromatic heterocycles. The minimum Gasteiger partial charge on any atom is -0.495 e. The van der Waals surface area contributed by atoms with Crippen LogP contribution in [-0.2, 0) is 19.9 Å². The Morgan fingerprint density at radius 1 is 1.00 bits per heavy atom. The van der Waals surface area contributed by atoms with E-state index in [1.807, 2.05) is 80.8 Å². The lowest BCUT2D eigenvalue weighted by Gasteiger charge is -2.12. The molecule has 0 aliphatic rings. The number of methoxy groups -OCH3 is 1. The van der Waals surface area contributed by atoms with Crippen LogP contribution < -0.4 is 15.4 Å². The Hall–Kier alpha value is -3.19. The molecule has 0 saturated heterocycles. The number of amides is 2. The number of nitrogens with zero attached hydrogens (tertiary/aromatic N) is 2. The average molecular weight is 546 g/mol. The molecular weight excluding hydrogens is 519 g/mol. The molecule has 4 aromatic rings. The van der Waals surface area contributed by atoms with Crippen molar-refractivity contribution in [3.05, 3.63) is 93.9 Å². The molecule has 0 radical (unpaired) electrons. The van der Waals surface area contributed by atoms with Gasteiger partial charge < -0.3 is 19.9 Å². The SMILES string of the molecule is COc1ccc(C)cc1NC(=O)Nc1ccc(-c2cnc(CCc3c(Cl)cccc3Cl)n2C)cc1.Cl. The first-order chi connectivity index (χ1) is 16.9. The highest BCUT2D eigenvalue weighted by Crippen LogP contribution is 2.28. The maximum absolute atomic E-state index is 12.5. The maximum atomic E-state index is 12.5. The molecule has 0 aliphatic heterocycles. The van der Waals surface area contributed by atoms with E-state index < -0.39 is 0 Å². The topological polar surface area (TPSA) is 68.2 Å². The number of carbonyl (C=O) groups is 1. The number of carbonyl (C=O) groups excluding carboxylic acids is 1. The average Bonchev–Trinajstić information content (AvgIpc) is 3.19. The second kappa shape index (κ2) is 12.2. The molecule has 0 saturated carbocycles. The minimum absolute atomic E-state index is 0. The molecule has 0 aliphatic carbocycles. The third-order valence-corrected chi connectivity index (χ3v) is 6.49. The highest BCUT2D eigenvalue weighted by atomic mass is 35.5. The summed E-state index contributed by atoms with van der Waals surface area (Å²) in [5.74, 6) is 1.54. The fraction of sp³-hybridized carbons (Fsp3) is 0.185. The van der Waals surface area contributed by atoms with Crippen LogP contribution in [0.15, 0.2) is 66.9 Å². The molecule has 2 N–H and O–H groups in total. The van der Waals surface area contributed by atoms with Crippen molar-refractivity contribution in [1.82, 2.24) is 9.55 Å². The zero-order valence-electron chi connectivity index (χ0n) is 20.1. The third kappa shape index (κ3) is 6.32. The van der Waals surface area contributed by atoms with Crippen molar-refractivity contribution in [3.63, 3.8) is 0 Å². The predicted molar refractivity (Wildman–Crippen MR) is 150 cm³/mol. The second-order valence-electron chi connectivity index (χ2n) is 8.18. The molecule has 0 bridgehead atoms. The van der Waals surface area contributed by atoms with Crippen LogP contribution in [-0.4, -0.2) is 22.7 Å². The number of urea groups is 1. The predicted octanol–water partition coefficient (Wildman–Crippen LogP) is 7.56. The van der Waals surface area contributed by atoms with Gasteiger partial charge in [0.05, 0.1) is 24.7 Å². The summed E-state index contributed by atoms with van der Waals surface area (Å²) in [7, 11) is 3.56. The summed E-state index contributed by atoms with van der Waals surface area (Å²) in [5.41, 5.74) is 5.21. The number of benzene rings is 3. The normalized spacial score (nSPS) is 10.5. The van der Waals surface area contributed by atoms with Crippen LogP contribution in [0, 0.1) is 6.92 Å². The minimum atomic E-state index is -0.345. The molecule has 0 unspecified atom stereocenters. The molecule has 0 spiro atoms. The van der Waals surface area contributed by atoms with Gasteiger partial charge in [0.1, 0.15) is 11.6 Å². The molecule has 3 aromatic carbocycles. The lowest BCUT2D eigenvalue weighted by Crippen LogP contribution is -2.19. The Balaban J connectivity index is 0.00000361. The molecule has 188 valence electrons. The molecular formula is C27H27Cl3N4O2. The van der Waals surface area contributed by atoms with Gasteiger partial charge in [-0.25, -0.2) is 9.78 Å². The number of imidazole rings is 1. The summed E-state index contributed by atoms with van der Waals surface area (Å²) in [6.07, 6.45) is 3.26. The van der Waals surface area contributed by atoms with E-state index in [1.54, 1.807) is 7.11 Å². The molecule has 1 heterocycles. The molecule has 2 amide bonds. The van der Waals surface area contributed by atoms with Crippen molar-refractivity contribution in [2.75, 3.05) is 17.7 Å². The van der Waals surface area contributed by atoms with Crippen LogP contribution in [0.4, 0.5) is 16.2 Å². The van der Waals surface area contributed by atoms with Crippen LogP contribution >= 0.6 is 35.6 Å². The number of anilines is 2. The first-order valence-electron chi connectivity index (χ1n) is 11.1. The smallest absolute Gasteiger partial charge is 0.323 e. The Morgan fingerprint density at radius 3 is 2.36 bits per heavy atom. The number of rotatable bonds is 7. The lowest BCUT2D eigenvalue weighted by atomic mass is 10.1. The van der Waals surface area contributed by atoms with Crippen molar-refractivity contribution in [2.45, 2.75) is 19.8 Å². The van der Waals surface area contributed by atoms with Crippen molar-refractivity contribution in [2.24, 2.45) is 7.05 Å². The molecule has 36 heavy (non-hydrogen) atoms. The summed E-state index contributed by atoms with van der Waals surface area (Å²) < 4.78 is 7.38. The van der Waals surface area contributed by atoms with Gasteiger partial charge in [0.2, 0.25) is 0 Å². The van der Waals surface area contributed by atoms with Crippen LogP contribution in [0.1, 0.15) is 17.0 Å². The van der Waals surface area contributed by atoms with E-state index in [-0.39, 0.29) is 18.4 Å². The fourth-order valence-electron chi connectivity index (χ4n) is 3.88. The van der Waals surface area contributed by atoms with E-state index >= 15 is 0 Å². The third-order valence-electron chi connectivity index (χ3n) is 5.79. The van der Waals surface area contributed by atoms with Crippen LogP contribution in [0.25, 0.3) is 11.3 Å². The van der Waals surface area contributed by atoms with Gasteiger partial charge in [-0.3, -0.25) is 0 Å². The molecule has 9 heteroatoms. The van der Waals surface area contributed by atoms with Gasteiger partial charge in [0.15, 0.2) is 0 Å². The number of aryl methyl sites for hydroxylation is 2. The number of halogens is 3. The van der Waals surface area contributed by atoms with Crippen molar-refractivity contribution < 1.29 is 9.53 Å². The molecule has 0 fully saturated rings. The van der Waals surface area contributed by atoms with Gasteiger partial charge in [-0.15, -0.1) is 12.4 Å². The molecule has 0 atom stereocenters.